The molecule has 1 saturated carbocycles. The van der Waals surface area contributed by atoms with Gasteiger partial charge in [0.15, 0.2) is 0 Å². The van der Waals surface area contributed by atoms with Gasteiger partial charge in [0, 0.05) is 30.5 Å². The number of carbonyl (C=O) groups is 6. The Balaban J connectivity index is 1.53. The molecule has 1 atom stereocenters. The van der Waals surface area contributed by atoms with Crippen molar-refractivity contribution < 1.29 is 46.7 Å². The molecule has 0 spiro atoms. The first-order valence-corrected chi connectivity index (χ1v) is 15.5. The molecule has 0 bridgehead atoms. The first kappa shape index (κ1) is 33.4. The monoisotopic (exact) mass is 619 g/mol. The van der Waals surface area contributed by atoms with Crippen LogP contribution in [-0.2, 0) is 43.5 Å². The maximum Gasteiger partial charge on any atom is 0.338 e. The molecule has 1 fully saturated rings. The number of imide groups is 1. The third-order valence-corrected chi connectivity index (χ3v) is 8.33. The second-order valence-electron chi connectivity index (χ2n) is 11.4. The van der Waals surface area contributed by atoms with Crippen LogP contribution in [0.3, 0.4) is 0 Å². The predicted molar refractivity (Wildman–Crippen MR) is 151 cm³/mol. The van der Waals surface area contributed by atoms with E-state index >= 15 is 0 Å². The van der Waals surface area contributed by atoms with Crippen LogP contribution in [0.15, 0.2) is 41.3 Å². The molecule has 1 aliphatic carbocycles. The maximum atomic E-state index is 13.0. The lowest BCUT2D eigenvalue weighted by molar-refractivity contribution is -0.151. The van der Waals surface area contributed by atoms with E-state index in [1.54, 1.807) is 20.8 Å². The van der Waals surface area contributed by atoms with Crippen LogP contribution in [0.2, 0.25) is 0 Å². The quantitative estimate of drug-likeness (QED) is 0.198. The number of amides is 4. The van der Waals surface area contributed by atoms with Gasteiger partial charge in [0.1, 0.15) is 19.3 Å². The SMILES string of the molecule is CC(C)(C)C(=O)NS(=O)(=O)c1cccc(C(=O)OCCOC(=O)[C@@H](NC(=O)CCN2C(=O)C=CC2=O)C2CCCCC2)c1. The number of sulfonamides is 1. The van der Waals surface area contributed by atoms with Gasteiger partial charge in [-0.25, -0.2) is 22.7 Å². The average Bonchev–Trinajstić information content (AvgIpc) is 3.28. The van der Waals surface area contributed by atoms with Crippen molar-refractivity contribution in [2.45, 2.75) is 70.2 Å². The average molecular weight is 620 g/mol. The first-order valence-electron chi connectivity index (χ1n) is 14.0. The van der Waals surface area contributed by atoms with Gasteiger partial charge in [0.25, 0.3) is 21.8 Å². The lowest BCUT2D eigenvalue weighted by Crippen LogP contribution is -2.48. The van der Waals surface area contributed by atoms with Crippen molar-refractivity contribution in [3.63, 3.8) is 0 Å². The summed E-state index contributed by atoms with van der Waals surface area (Å²) in [6, 6.07) is 4.02. The van der Waals surface area contributed by atoms with E-state index in [0.717, 1.165) is 42.4 Å². The fourth-order valence-corrected chi connectivity index (χ4v) is 5.73. The molecule has 4 amide bonds. The predicted octanol–water partition coefficient (Wildman–Crippen LogP) is 1.62. The highest BCUT2D eigenvalue weighted by molar-refractivity contribution is 7.90. The van der Waals surface area contributed by atoms with E-state index in [4.69, 9.17) is 9.47 Å². The first-order chi connectivity index (χ1) is 20.2. The zero-order chi connectivity index (χ0) is 31.8. The molecule has 0 radical (unpaired) electrons. The molecular weight excluding hydrogens is 582 g/mol. The molecule has 0 unspecified atom stereocenters. The Bertz CT molecular complexity index is 1370. The van der Waals surface area contributed by atoms with E-state index in [0.29, 0.717) is 12.8 Å². The summed E-state index contributed by atoms with van der Waals surface area (Å²) in [5.41, 5.74) is -1.04. The van der Waals surface area contributed by atoms with E-state index in [2.05, 4.69) is 5.32 Å². The Morgan fingerprint density at radius 2 is 1.60 bits per heavy atom. The van der Waals surface area contributed by atoms with Crippen LogP contribution in [0.25, 0.3) is 0 Å². The van der Waals surface area contributed by atoms with Gasteiger partial charge in [-0.2, -0.15) is 0 Å². The van der Waals surface area contributed by atoms with Gasteiger partial charge in [-0.05, 0) is 37.0 Å². The smallest absolute Gasteiger partial charge is 0.338 e. The van der Waals surface area contributed by atoms with E-state index in [1.165, 1.54) is 18.2 Å². The summed E-state index contributed by atoms with van der Waals surface area (Å²) in [6.07, 6.45) is 6.28. The Labute approximate surface area is 250 Å². The van der Waals surface area contributed by atoms with Gasteiger partial charge in [-0.1, -0.05) is 46.1 Å². The van der Waals surface area contributed by atoms with Crippen LogP contribution in [-0.4, -0.2) is 74.7 Å². The number of ether oxygens (including phenoxy) is 2. The number of nitrogens with zero attached hydrogens (tertiary/aromatic N) is 1. The fraction of sp³-hybridized carbons (Fsp3) is 0.517. The van der Waals surface area contributed by atoms with Gasteiger partial charge >= 0.3 is 11.9 Å². The number of esters is 2. The number of hydrogen-bond acceptors (Lipinski definition) is 10. The standard InChI is InChI=1S/C29H37N3O10S/c1-29(2,3)28(38)31-43(39,40)21-11-7-10-20(18-21)26(36)41-16-17-42-27(37)25(19-8-5-4-6-9-19)30-22(33)14-15-32-23(34)12-13-24(32)35/h7,10-13,18-19,25H,4-6,8-9,14-17H2,1-3H3,(H,30,33)(H,31,38)/t25-/m0/s1. The number of rotatable bonds is 12. The van der Waals surface area contributed by atoms with Crippen LogP contribution >= 0.6 is 0 Å². The third kappa shape index (κ3) is 9.46. The molecule has 13 nitrogen and oxygen atoms in total. The van der Waals surface area contributed by atoms with Crippen molar-refractivity contribution in [1.29, 1.82) is 0 Å². The van der Waals surface area contributed by atoms with Gasteiger partial charge in [-0.3, -0.25) is 24.1 Å². The van der Waals surface area contributed by atoms with Crippen molar-refractivity contribution in [1.82, 2.24) is 14.9 Å². The number of nitrogens with one attached hydrogen (secondary N) is 2. The Kier molecular flexibility index (Phi) is 11.2. The molecule has 1 aliphatic heterocycles. The summed E-state index contributed by atoms with van der Waals surface area (Å²) in [5.74, 6) is -3.96. The van der Waals surface area contributed by atoms with E-state index < -0.39 is 57.0 Å². The van der Waals surface area contributed by atoms with Gasteiger partial charge in [-0.15, -0.1) is 0 Å². The minimum absolute atomic E-state index is 0.0880. The van der Waals surface area contributed by atoms with Gasteiger partial charge in [0.2, 0.25) is 11.8 Å². The summed E-state index contributed by atoms with van der Waals surface area (Å²) >= 11 is 0. The lowest BCUT2D eigenvalue weighted by atomic mass is 9.84. The lowest BCUT2D eigenvalue weighted by Gasteiger charge is -2.29. The molecule has 234 valence electrons. The van der Waals surface area contributed by atoms with E-state index in [-0.39, 0.29) is 42.6 Å². The number of benzene rings is 1. The summed E-state index contributed by atoms with van der Waals surface area (Å²) in [4.78, 5) is 74.4. The fourth-order valence-electron chi connectivity index (χ4n) is 4.52. The Morgan fingerprint density at radius 1 is 0.977 bits per heavy atom. The molecule has 2 N–H and O–H groups in total. The Hall–Kier alpha value is -4.07. The molecule has 0 saturated heterocycles. The molecule has 1 heterocycles. The molecule has 2 aliphatic rings. The number of hydrogen-bond donors (Lipinski definition) is 2. The van der Waals surface area contributed by atoms with Crippen molar-refractivity contribution in [3.8, 4) is 0 Å². The molecule has 43 heavy (non-hydrogen) atoms. The van der Waals surface area contributed by atoms with Crippen LogP contribution in [0.4, 0.5) is 0 Å². The second kappa shape index (κ2) is 14.4. The molecule has 1 aromatic carbocycles. The largest absolute Gasteiger partial charge is 0.461 e. The summed E-state index contributed by atoms with van der Waals surface area (Å²) in [7, 11) is -4.23. The van der Waals surface area contributed by atoms with Gasteiger partial charge in [0.05, 0.1) is 10.5 Å². The number of carbonyl (C=O) groups excluding carboxylic acids is 6. The minimum atomic E-state index is -4.23. The van der Waals surface area contributed by atoms with Crippen molar-refractivity contribution in [2.75, 3.05) is 19.8 Å². The maximum absolute atomic E-state index is 13.0. The van der Waals surface area contributed by atoms with Crippen LogP contribution in [0.5, 0.6) is 0 Å². The third-order valence-electron chi connectivity index (χ3n) is 7.00. The molecular formula is C29H37N3O10S. The van der Waals surface area contributed by atoms with Gasteiger partial charge < -0.3 is 14.8 Å². The normalized spacial score (nSPS) is 16.5. The van der Waals surface area contributed by atoms with Crippen LogP contribution in [0, 0.1) is 11.3 Å². The highest BCUT2D eigenvalue weighted by atomic mass is 32.2. The summed E-state index contributed by atoms with van der Waals surface area (Å²) < 4.78 is 37.6. The van der Waals surface area contributed by atoms with Crippen LogP contribution in [0.1, 0.15) is 69.7 Å². The zero-order valence-corrected chi connectivity index (χ0v) is 25.2. The highest BCUT2D eigenvalue weighted by Gasteiger charge is 2.33. The molecule has 1 aromatic rings. The van der Waals surface area contributed by atoms with E-state index in [1.807, 2.05) is 4.72 Å². The van der Waals surface area contributed by atoms with Crippen molar-refractivity contribution in [2.24, 2.45) is 11.3 Å². The summed E-state index contributed by atoms with van der Waals surface area (Å²) in [6.45, 7) is 3.91. The van der Waals surface area contributed by atoms with Crippen molar-refractivity contribution >= 4 is 45.6 Å². The van der Waals surface area contributed by atoms with Crippen molar-refractivity contribution in [3.05, 3.63) is 42.0 Å². The highest BCUT2D eigenvalue weighted by Crippen LogP contribution is 2.27. The zero-order valence-electron chi connectivity index (χ0n) is 24.4. The summed E-state index contributed by atoms with van der Waals surface area (Å²) in [5, 5.41) is 2.68. The Morgan fingerprint density at radius 3 is 2.23 bits per heavy atom. The second-order valence-corrected chi connectivity index (χ2v) is 13.1. The van der Waals surface area contributed by atoms with E-state index in [9.17, 15) is 37.2 Å². The molecule has 0 aromatic heterocycles. The molecule has 3 rings (SSSR count). The van der Waals surface area contributed by atoms with Crippen LogP contribution < -0.4 is 10.0 Å². The minimum Gasteiger partial charge on any atom is -0.461 e. The topological polar surface area (TPSA) is 182 Å². The molecule has 14 heteroatoms.